The Morgan fingerprint density at radius 1 is 1.47 bits per heavy atom. The van der Waals surface area contributed by atoms with Crippen molar-refractivity contribution in [1.82, 2.24) is 15.7 Å². The van der Waals surface area contributed by atoms with Crippen LogP contribution in [0.2, 0.25) is 0 Å². The summed E-state index contributed by atoms with van der Waals surface area (Å²) in [6.07, 6.45) is 4.60. The molecular weight excluding hydrogens is 196 g/mol. The van der Waals surface area contributed by atoms with Crippen molar-refractivity contribution in [2.45, 2.75) is 0 Å². The average Bonchev–Trinajstić information content (AvgIpc) is 2.29. The second kappa shape index (κ2) is 5.48. The number of likely N-dealkylation sites (N-methyl/N-ethyl adjacent to an activating group) is 1. The lowest BCUT2D eigenvalue weighted by Crippen LogP contribution is -2.35. The van der Waals surface area contributed by atoms with E-state index in [0.29, 0.717) is 0 Å². The number of hydrazone groups is 1. The molecule has 0 aliphatic rings. The summed E-state index contributed by atoms with van der Waals surface area (Å²) >= 11 is 0. The van der Waals surface area contributed by atoms with E-state index in [1.54, 1.807) is 24.5 Å². The highest BCUT2D eigenvalue weighted by atomic mass is 16.2. The first-order valence-electron chi connectivity index (χ1n) is 4.19. The minimum absolute atomic E-state index is 0.731. The minimum atomic E-state index is -0.808. The van der Waals surface area contributed by atoms with Gasteiger partial charge in [-0.25, -0.2) is 5.43 Å². The Morgan fingerprint density at radius 3 is 2.87 bits per heavy atom. The highest BCUT2D eigenvalue weighted by molar-refractivity contribution is 6.34. The molecule has 6 nitrogen and oxygen atoms in total. The summed E-state index contributed by atoms with van der Waals surface area (Å²) in [5.74, 6) is -1.55. The zero-order valence-corrected chi connectivity index (χ0v) is 8.10. The van der Waals surface area contributed by atoms with Gasteiger partial charge in [0, 0.05) is 25.0 Å². The van der Waals surface area contributed by atoms with Gasteiger partial charge in [0.05, 0.1) is 6.21 Å². The van der Waals surface area contributed by atoms with Crippen molar-refractivity contribution in [2.24, 2.45) is 5.10 Å². The Morgan fingerprint density at radius 2 is 2.27 bits per heavy atom. The molecule has 1 aromatic heterocycles. The highest BCUT2D eigenvalue weighted by Gasteiger charge is 2.08. The molecule has 2 N–H and O–H groups in total. The van der Waals surface area contributed by atoms with Crippen LogP contribution in [0.5, 0.6) is 0 Å². The van der Waals surface area contributed by atoms with E-state index in [-0.39, 0.29) is 0 Å². The van der Waals surface area contributed by atoms with E-state index in [0.717, 1.165) is 5.56 Å². The number of aromatic nitrogens is 1. The second-order valence-corrected chi connectivity index (χ2v) is 2.56. The predicted molar refractivity (Wildman–Crippen MR) is 54.0 cm³/mol. The van der Waals surface area contributed by atoms with Crippen molar-refractivity contribution in [3.63, 3.8) is 0 Å². The van der Waals surface area contributed by atoms with E-state index >= 15 is 0 Å². The summed E-state index contributed by atoms with van der Waals surface area (Å²) in [5, 5.41) is 5.76. The van der Waals surface area contributed by atoms with Crippen molar-refractivity contribution < 1.29 is 9.59 Å². The van der Waals surface area contributed by atoms with Crippen LogP contribution < -0.4 is 10.7 Å². The molecular formula is C9H10N4O2. The number of carbonyl (C=O) groups is 2. The number of rotatable bonds is 2. The fraction of sp³-hybridized carbons (Fsp3) is 0.111. The van der Waals surface area contributed by atoms with Crippen molar-refractivity contribution in [3.05, 3.63) is 30.1 Å². The number of carbonyl (C=O) groups excluding carboxylic acids is 2. The van der Waals surface area contributed by atoms with Crippen molar-refractivity contribution in [2.75, 3.05) is 7.05 Å². The topological polar surface area (TPSA) is 83.5 Å². The van der Waals surface area contributed by atoms with E-state index < -0.39 is 11.8 Å². The standard InChI is InChI=1S/C9H10N4O2/c1-10-8(14)9(15)13-12-6-7-3-2-4-11-5-7/h2-6H,1H3,(H,10,14)(H,13,15)/b12-6-. The molecule has 0 bridgehead atoms. The largest absolute Gasteiger partial charge is 0.351 e. The minimum Gasteiger partial charge on any atom is -0.351 e. The van der Waals surface area contributed by atoms with Gasteiger partial charge in [0.15, 0.2) is 0 Å². The summed E-state index contributed by atoms with van der Waals surface area (Å²) in [4.78, 5) is 25.5. The van der Waals surface area contributed by atoms with Gasteiger partial charge in [-0.1, -0.05) is 6.07 Å². The lowest BCUT2D eigenvalue weighted by molar-refractivity contribution is -0.138. The average molecular weight is 206 g/mol. The Balaban J connectivity index is 2.47. The maximum absolute atomic E-state index is 10.9. The molecule has 0 fully saturated rings. The van der Waals surface area contributed by atoms with Crippen LogP contribution in [0.15, 0.2) is 29.6 Å². The van der Waals surface area contributed by atoms with Gasteiger partial charge in [0.2, 0.25) is 0 Å². The van der Waals surface area contributed by atoms with E-state index in [4.69, 9.17) is 0 Å². The molecule has 78 valence electrons. The maximum Gasteiger partial charge on any atom is 0.329 e. The summed E-state index contributed by atoms with van der Waals surface area (Å²) in [6.45, 7) is 0. The molecule has 1 aromatic rings. The summed E-state index contributed by atoms with van der Waals surface area (Å²) in [6, 6.07) is 3.50. The van der Waals surface area contributed by atoms with Gasteiger partial charge in [-0.3, -0.25) is 14.6 Å². The second-order valence-electron chi connectivity index (χ2n) is 2.56. The van der Waals surface area contributed by atoms with Gasteiger partial charge in [0.1, 0.15) is 0 Å². The number of nitrogens with zero attached hydrogens (tertiary/aromatic N) is 2. The third kappa shape index (κ3) is 3.55. The van der Waals surface area contributed by atoms with Crippen LogP contribution in [0.3, 0.4) is 0 Å². The van der Waals surface area contributed by atoms with E-state index in [1.165, 1.54) is 13.3 Å². The van der Waals surface area contributed by atoms with Crippen molar-refractivity contribution >= 4 is 18.0 Å². The van der Waals surface area contributed by atoms with Gasteiger partial charge >= 0.3 is 11.8 Å². The first-order chi connectivity index (χ1) is 7.24. The number of hydrogen-bond acceptors (Lipinski definition) is 4. The van der Waals surface area contributed by atoms with Crippen LogP contribution in [0.4, 0.5) is 0 Å². The molecule has 0 saturated carbocycles. The molecule has 0 aliphatic carbocycles. The first kappa shape index (κ1) is 10.8. The quantitative estimate of drug-likeness (QED) is 0.380. The molecule has 0 atom stereocenters. The van der Waals surface area contributed by atoms with Crippen LogP contribution in [0.25, 0.3) is 0 Å². The number of nitrogens with one attached hydrogen (secondary N) is 2. The molecule has 2 amide bonds. The Labute approximate surface area is 86.4 Å². The maximum atomic E-state index is 10.9. The smallest absolute Gasteiger partial charge is 0.329 e. The SMILES string of the molecule is CNC(=O)C(=O)N/N=C\c1cccnc1. The lowest BCUT2D eigenvalue weighted by Gasteiger charge is -1.96. The van der Waals surface area contributed by atoms with Crippen molar-refractivity contribution in [1.29, 1.82) is 0 Å². The van der Waals surface area contributed by atoms with Gasteiger partial charge < -0.3 is 5.32 Å². The van der Waals surface area contributed by atoms with Crippen LogP contribution in [0, 0.1) is 0 Å². The van der Waals surface area contributed by atoms with E-state index in [9.17, 15) is 9.59 Å². The molecule has 0 radical (unpaired) electrons. The normalized spacial score (nSPS) is 9.93. The lowest BCUT2D eigenvalue weighted by atomic mass is 10.3. The van der Waals surface area contributed by atoms with Crippen LogP contribution >= 0.6 is 0 Å². The summed E-state index contributed by atoms with van der Waals surface area (Å²) < 4.78 is 0. The number of hydrogen-bond donors (Lipinski definition) is 2. The van der Waals surface area contributed by atoms with Crippen molar-refractivity contribution in [3.8, 4) is 0 Å². The molecule has 0 spiro atoms. The summed E-state index contributed by atoms with van der Waals surface area (Å²) in [7, 11) is 1.37. The summed E-state index contributed by atoms with van der Waals surface area (Å²) in [5.41, 5.74) is 2.80. The Hall–Kier alpha value is -2.24. The third-order valence-corrected chi connectivity index (χ3v) is 1.50. The molecule has 6 heteroatoms. The number of amides is 2. The van der Waals surface area contributed by atoms with Crippen LogP contribution in [0.1, 0.15) is 5.56 Å². The Kier molecular flexibility index (Phi) is 3.96. The molecule has 15 heavy (non-hydrogen) atoms. The van der Waals surface area contributed by atoms with E-state index in [2.05, 4.69) is 20.8 Å². The fourth-order valence-electron chi connectivity index (χ4n) is 0.782. The molecule has 0 unspecified atom stereocenters. The molecule has 0 aliphatic heterocycles. The highest BCUT2D eigenvalue weighted by Crippen LogP contribution is 1.89. The molecule has 0 aromatic carbocycles. The monoisotopic (exact) mass is 206 g/mol. The molecule has 0 saturated heterocycles. The first-order valence-corrected chi connectivity index (χ1v) is 4.19. The van der Waals surface area contributed by atoms with Crippen LogP contribution in [-0.4, -0.2) is 30.1 Å². The fourth-order valence-corrected chi connectivity index (χ4v) is 0.782. The zero-order chi connectivity index (χ0) is 11.1. The Bertz CT molecular complexity index is 375. The molecule has 1 rings (SSSR count). The van der Waals surface area contributed by atoms with Gasteiger partial charge in [0.25, 0.3) is 0 Å². The van der Waals surface area contributed by atoms with Gasteiger partial charge in [-0.15, -0.1) is 0 Å². The predicted octanol–water partition coefficient (Wildman–Crippen LogP) is -0.722. The van der Waals surface area contributed by atoms with Gasteiger partial charge in [-0.05, 0) is 6.07 Å². The molecule has 1 heterocycles. The number of pyridine rings is 1. The zero-order valence-electron chi connectivity index (χ0n) is 8.10. The van der Waals surface area contributed by atoms with Crippen LogP contribution in [-0.2, 0) is 9.59 Å². The van der Waals surface area contributed by atoms with E-state index in [1.807, 2.05) is 0 Å². The van der Waals surface area contributed by atoms with Gasteiger partial charge in [-0.2, -0.15) is 5.10 Å². The third-order valence-electron chi connectivity index (χ3n) is 1.50.